The molecule has 1 saturated heterocycles. The summed E-state index contributed by atoms with van der Waals surface area (Å²) in [7, 11) is 0. The number of carbonyl (C=O) groups excluding carboxylic acids is 7. The molecule has 3 rings (SSSR count). The van der Waals surface area contributed by atoms with Crippen molar-refractivity contribution >= 4 is 47.3 Å². The summed E-state index contributed by atoms with van der Waals surface area (Å²) in [6.07, 6.45) is 5.36. The number of ether oxygens (including phenoxy) is 1. The Kier molecular flexibility index (Phi) is 15.6. The lowest BCUT2D eigenvalue weighted by Crippen LogP contribution is -2.54. The van der Waals surface area contributed by atoms with E-state index >= 15 is 0 Å². The van der Waals surface area contributed by atoms with Gasteiger partial charge in [0.15, 0.2) is 0 Å². The van der Waals surface area contributed by atoms with Crippen LogP contribution in [0.15, 0.2) is 36.4 Å². The molecule has 2 aliphatic heterocycles. The van der Waals surface area contributed by atoms with Gasteiger partial charge in [0.05, 0.1) is 0 Å². The zero-order valence-corrected chi connectivity index (χ0v) is 31.0. The Morgan fingerprint density at radius 1 is 0.923 bits per heavy atom. The van der Waals surface area contributed by atoms with Crippen molar-refractivity contribution < 1.29 is 38.3 Å². The van der Waals surface area contributed by atoms with Crippen LogP contribution in [-0.4, -0.2) is 89.7 Å². The average Bonchev–Trinajstić information content (AvgIpc) is 3.71. The number of hydrogen-bond acceptors (Lipinski definition) is 8. The molecule has 6 N–H and O–H groups in total. The molecular formula is C37H55N7O8. The van der Waals surface area contributed by atoms with Crippen LogP contribution >= 0.6 is 0 Å². The van der Waals surface area contributed by atoms with E-state index in [1.807, 2.05) is 0 Å². The van der Waals surface area contributed by atoms with Gasteiger partial charge in [0.2, 0.25) is 17.7 Å². The summed E-state index contributed by atoms with van der Waals surface area (Å²) in [5, 5.41) is 10.8. The van der Waals surface area contributed by atoms with Gasteiger partial charge in [-0.2, -0.15) is 0 Å². The molecule has 3 atom stereocenters. The second-order valence-corrected chi connectivity index (χ2v) is 14.8. The van der Waals surface area contributed by atoms with Gasteiger partial charge < -0.3 is 36.6 Å². The molecular weight excluding hydrogens is 670 g/mol. The smallest absolute Gasteiger partial charge is 0.410 e. The van der Waals surface area contributed by atoms with Gasteiger partial charge in [-0.05, 0) is 67.1 Å². The van der Waals surface area contributed by atoms with Crippen molar-refractivity contribution in [2.45, 2.75) is 98.3 Å². The van der Waals surface area contributed by atoms with Crippen molar-refractivity contribution in [1.29, 1.82) is 0 Å². The van der Waals surface area contributed by atoms with E-state index in [1.54, 1.807) is 43.0 Å². The first-order chi connectivity index (χ1) is 24.5. The third-order valence-electron chi connectivity index (χ3n) is 9.31. The largest absolute Gasteiger partial charge is 0.445 e. The fraction of sp³-hybridized carbons (Fsp3) is 0.595. The predicted molar refractivity (Wildman–Crippen MR) is 194 cm³/mol. The summed E-state index contributed by atoms with van der Waals surface area (Å²) in [5.41, 5.74) is 6.49. The van der Waals surface area contributed by atoms with Crippen LogP contribution in [0.3, 0.4) is 0 Å². The Morgan fingerprint density at radius 2 is 1.60 bits per heavy atom. The van der Waals surface area contributed by atoms with E-state index in [-0.39, 0.29) is 67.7 Å². The molecule has 2 heterocycles. The molecule has 286 valence electrons. The topological polar surface area (TPSA) is 209 Å². The highest BCUT2D eigenvalue weighted by molar-refractivity contribution is 6.12. The summed E-state index contributed by atoms with van der Waals surface area (Å²) in [6.45, 7) is 12.0. The van der Waals surface area contributed by atoms with E-state index in [2.05, 4.69) is 42.0 Å². The van der Waals surface area contributed by atoms with Crippen molar-refractivity contribution in [2.24, 2.45) is 23.0 Å². The van der Waals surface area contributed by atoms with Crippen LogP contribution in [0.25, 0.3) is 0 Å². The lowest BCUT2D eigenvalue weighted by molar-refractivity contribution is -0.137. The third-order valence-corrected chi connectivity index (χ3v) is 9.31. The fourth-order valence-corrected chi connectivity index (χ4v) is 6.00. The molecule has 15 nitrogen and oxygen atoms in total. The highest BCUT2D eigenvalue weighted by atomic mass is 16.6. The Hall–Kier alpha value is -4.95. The number of urea groups is 1. The summed E-state index contributed by atoms with van der Waals surface area (Å²) in [6, 6.07) is 4.21. The number of imide groups is 1. The summed E-state index contributed by atoms with van der Waals surface area (Å²) < 4.78 is 5.53. The number of nitrogens with zero attached hydrogens (tertiary/aromatic N) is 2. The van der Waals surface area contributed by atoms with E-state index in [4.69, 9.17) is 10.5 Å². The van der Waals surface area contributed by atoms with E-state index in [0.717, 1.165) is 16.9 Å². The van der Waals surface area contributed by atoms with Gasteiger partial charge in [0.1, 0.15) is 18.7 Å². The number of primary amides is 1. The molecule has 1 aromatic carbocycles. The summed E-state index contributed by atoms with van der Waals surface area (Å²) >= 11 is 0. The average molecular weight is 726 g/mol. The zero-order chi connectivity index (χ0) is 38.4. The fourth-order valence-electron chi connectivity index (χ4n) is 6.00. The van der Waals surface area contributed by atoms with Crippen molar-refractivity contribution in [1.82, 2.24) is 25.8 Å². The van der Waals surface area contributed by atoms with E-state index < -0.39 is 29.9 Å². The van der Waals surface area contributed by atoms with E-state index in [9.17, 15) is 33.6 Å². The van der Waals surface area contributed by atoms with Crippen LogP contribution < -0.4 is 27.0 Å². The molecule has 0 spiro atoms. The maximum Gasteiger partial charge on any atom is 0.410 e. The Labute approximate surface area is 305 Å². The van der Waals surface area contributed by atoms with Gasteiger partial charge in [-0.25, -0.2) is 9.59 Å². The monoisotopic (exact) mass is 725 g/mol. The molecule has 1 aromatic rings. The molecule has 0 unspecified atom stereocenters. The van der Waals surface area contributed by atoms with Crippen LogP contribution in [0.5, 0.6) is 0 Å². The standard InChI is InChI=1S/C37H55N7O8/c1-24(2)32(42-29(45)11-7-6-8-20-44-30(46)16-17-31(44)47)34(49)41-28(10-9-19-39-35(38)50)33(48)40-27-14-12-25(13-15-27)23-52-36(51)43-21-18-26(22-43)37(3,4)5/h12-17,24,26,28,32H,6-11,18-23H2,1-5H3,(H,40,48)(H,41,49)(H,42,45)(H3,38,39,50)/t26-,28+,32+/m1/s1. The Balaban J connectivity index is 1.52. The van der Waals surface area contributed by atoms with Gasteiger partial charge in [-0.1, -0.05) is 53.2 Å². The number of rotatable bonds is 18. The molecule has 0 saturated carbocycles. The van der Waals surface area contributed by atoms with Crippen LogP contribution in [0, 0.1) is 17.3 Å². The summed E-state index contributed by atoms with van der Waals surface area (Å²) in [4.78, 5) is 89.7. The van der Waals surface area contributed by atoms with Gasteiger partial charge in [-0.3, -0.25) is 28.9 Å². The molecule has 0 radical (unpaired) electrons. The third kappa shape index (κ3) is 13.3. The number of nitrogens with one attached hydrogen (secondary N) is 4. The number of likely N-dealkylation sites (tertiary alicyclic amines) is 1. The first-order valence-electron chi connectivity index (χ1n) is 18.0. The molecule has 0 bridgehead atoms. The minimum absolute atomic E-state index is 0.0793. The Morgan fingerprint density at radius 3 is 2.19 bits per heavy atom. The molecule has 0 aliphatic carbocycles. The van der Waals surface area contributed by atoms with Crippen molar-refractivity contribution in [3.05, 3.63) is 42.0 Å². The van der Waals surface area contributed by atoms with Crippen molar-refractivity contribution in [3.8, 4) is 0 Å². The first kappa shape index (κ1) is 41.5. The normalized spacial score (nSPS) is 16.8. The van der Waals surface area contributed by atoms with Gasteiger partial charge in [0, 0.05) is 50.4 Å². The quantitative estimate of drug-likeness (QED) is 0.112. The maximum absolute atomic E-state index is 13.4. The number of nitrogens with two attached hydrogens (primary N) is 1. The minimum atomic E-state index is -0.996. The van der Waals surface area contributed by atoms with Crippen molar-refractivity contribution in [3.63, 3.8) is 0 Å². The first-order valence-corrected chi connectivity index (χ1v) is 18.0. The molecule has 0 aromatic heterocycles. The Bertz CT molecular complexity index is 1450. The SMILES string of the molecule is CC(C)[C@H](NC(=O)CCCCCN1C(=O)C=CC1=O)C(=O)N[C@@H](CCCNC(N)=O)C(=O)Nc1ccc(COC(=O)N2CC[C@@H](C(C)(C)C)C2)cc1. The number of hydrogen-bond donors (Lipinski definition) is 5. The van der Waals surface area contributed by atoms with Crippen LogP contribution in [0.2, 0.25) is 0 Å². The molecule has 8 amide bonds. The van der Waals surface area contributed by atoms with Crippen LogP contribution in [-0.2, 0) is 35.3 Å². The highest BCUT2D eigenvalue weighted by Crippen LogP contribution is 2.33. The van der Waals surface area contributed by atoms with E-state index in [0.29, 0.717) is 50.4 Å². The zero-order valence-electron chi connectivity index (χ0n) is 31.0. The number of benzene rings is 1. The van der Waals surface area contributed by atoms with Gasteiger partial charge >= 0.3 is 12.1 Å². The minimum Gasteiger partial charge on any atom is -0.445 e. The second-order valence-electron chi connectivity index (χ2n) is 14.8. The molecule has 1 fully saturated rings. The summed E-state index contributed by atoms with van der Waals surface area (Å²) in [5.74, 6) is -1.93. The second kappa shape index (κ2) is 19.6. The highest BCUT2D eigenvalue weighted by Gasteiger charge is 2.34. The van der Waals surface area contributed by atoms with Crippen molar-refractivity contribution in [2.75, 3.05) is 31.5 Å². The van der Waals surface area contributed by atoms with E-state index in [1.165, 1.54) is 12.2 Å². The number of unbranched alkanes of at least 4 members (excludes halogenated alkanes) is 2. The van der Waals surface area contributed by atoms with Crippen LogP contribution in [0.4, 0.5) is 15.3 Å². The lowest BCUT2D eigenvalue weighted by Gasteiger charge is -2.26. The van der Waals surface area contributed by atoms with Gasteiger partial charge in [-0.15, -0.1) is 0 Å². The van der Waals surface area contributed by atoms with Crippen LogP contribution in [0.1, 0.15) is 85.1 Å². The molecule has 15 heteroatoms. The number of anilines is 1. The molecule has 2 aliphatic rings. The number of amides is 8. The van der Waals surface area contributed by atoms with Gasteiger partial charge in [0.25, 0.3) is 11.8 Å². The maximum atomic E-state index is 13.4. The molecule has 52 heavy (non-hydrogen) atoms. The lowest BCUT2D eigenvalue weighted by atomic mass is 9.80. The predicted octanol–water partition coefficient (Wildman–Crippen LogP) is 3.19. The number of carbonyl (C=O) groups is 7.